The summed E-state index contributed by atoms with van der Waals surface area (Å²) in [5, 5.41) is 5.63. The number of benzene rings is 2. The zero-order chi connectivity index (χ0) is 23.0. The first-order valence-corrected chi connectivity index (χ1v) is 11.0. The van der Waals surface area contributed by atoms with Crippen molar-refractivity contribution in [3.63, 3.8) is 0 Å². The first-order chi connectivity index (χ1) is 14.7. The summed E-state index contributed by atoms with van der Waals surface area (Å²) >= 11 is 13.3. The summed E-state index contributed by atoms with van der Waals surface area (Å²) in [5.74, 6) is -0.705. The van der Waals surface area contributed by atoms with Gasteiger partial charge in [-0.2, -0.15) is 0 Å². The van der Waals surface area contributed by atoms with Crippen molar-refractivity contribution >= 4 is 64.3 Å². The van der Waals surface area contributed by atoms with Gasteiger partial charge in [-0.15, -0.1) is 11.8 Å². The molecular formula is C21H22Cl2N2O5S. The molecule has 0 bridgehead atoms. The lowest BCUT2D eigenvalue weighted by atomic mass is 10.1. The van der Waals surface area contributed by atoms with E-state index < -0.39 is 12.1 Å². The molecule has 0 aliphatic heterocycles. The van der Waals surface area contributed by atoms with Gasteiger partial charge in [-0.3, -0.25) is 10.1 Å². The van der Waals surface area contributed by atoms with Crippen LogP contribution in [0.15, 0.2) is 41.3 Å². The van der Waals surface area contributed by atoms with Crippen LogP contribution in [0.5, 0.6) is 0 Å². The summed E-state index contributed by atoms with van der Waals surface area (Å²) < 4.78 is 9.78. The van der Waals surface area contributed by atoms with Crippen LogP contribution in [0.2, 0.25) is 10.0 Å². The molecule has 0 aliphatic rings. The molecule has 0 aromatic heterocycles. The van der Waals surface area contributed by atoms with Crippen LogP contribution in [0, 0.1) is 5.92 Å². The van der Waals surface area contributed by atoms with Crippen molar-refractivity contribution in [2.75, 3.05) is 30.1 Å². The van der Waals surface area contributed by atoms with Crippen LogP contribution in [-0.4, -0.2) is 37.4 Å². The molecule has 7 nitrogen and oxygen atoms in total. The summed E-state index contributed by atoms with van der Waals surface area (Å²) in [6.07, 6.45) is -0.518. The number of amides is 2. The van der Waals surface area contributed by atoms with Crippen LogP contribution >= 0.6 is 35.0 Å². The van der Waals surface area contributed by atoms with Gasteiger partial charge in [0.05, 0.1) is 30.2 Å². The van der Waals surface area contributed by atoms with E-state index in [0.717, 1.165) is 4.90 Å². The Labute approximate surface area is 194 Å². The second-order valence-corrected chi connectivity index (χ2v) is 8.67. The molecule has 2 aromatic rings. The van der Waals surface area contributed by atoms with Gasteiger partial charge in [-0.1, -0.05) is 37.0 Å². The van der Waals surface area contributed by atoms with Crippen LogP contribution in [0.4, 0.5) is 16.2 Å². The number of halogens is 2. The molecule has 2 aromatic carbocycles. The fourth-order valence-electron chi connectivity index (χ4n) is 2.35. The topological polar surface area (TPSA) is 93.7 Å². The van der Waals surface area contributed by atoms with Gasteiger partial charge in [-0.25, -0.2) is 9.59 Å². The normalized spacial score (nSPS) is 10.5. The molecule has 0 saturated carbocycles. The molecule has 10 heteroatoms. The lowest BCUT2D eigenvalue weighted by molar-refractivity contribution is -0.113. The third-order valence-electron chi connectivity index (χ3n) is 3.74. The number of anilines is 2. The number of rotatable bonds is 8. The Kier molecular flexibility index (Phi) is 9.48. The van der Waals surface area contributed by atoms with E-state index in [1.165, 1.54) is 31.0 Å². The van der Waals surface area contributed by atoms with E-state index in [1.807, 2.05) is 13.8 Å². The standard InChI is InChI=1S/C21H22Cl2N2O5S/c1-12(2)10-30-21(28)24-14-4-6-15(7-5-14)31-11-18(26)25-17-9-13(22)8-16(23)19(17)20(27)29-3/h4-9,12H,10-11H2,1-3H3,(H,24,28)(H,25,26). The molecule has 166 valence electrons. The molecule has 0 saturated heterocycles. The third kappa shape index (κ3) is 7.97. The Morgan fingerprint density at radius 3 is 2.35 bits per heavy atom. The molecular weight excluding hydrogens is 463 g/mol. The number of hydrogen-bond acceptors (Lipinski definition) is 6. The summed E-state index contributed by atoms with van der Waals surface area (Å²) in [6.45, 7) is 4.24. The highest BCUT2D eigenvalue weighted by molar-refractivity contribution is 8.00. The monoisotopic (exact) mass is 484 g/mol. The SMILES string of the molecule is COC(=O)c1c(Cl)cc(Cl)cc1NC(=O)CSc1ccc(NC(=O)OCC(C)C)cc1. The summed E-state index contributed by atoms with van der Waals surface area (Å²) in [6, 6.07) is 9.79. The number of thioether (sulfide) groups is 1. The number of esters is 1. The lowest BCUT2D eigenvalue weighted by Gasteiger charge is -2.12. The lowest BCUT2D eigenvalue weighted by Crippen LogP contribution is -2.17. The Hall–Kier alpha value is -2.42. The summed E-state index contributed by atoms with van der Waals surface area (Å²) in [7, 11) is 1.22. The second-order valence-electron chi connectivity index (χ2n) is 6.78. The second kappa shape index (κ2) is 11.8. The number of methoxy groups -OCH3 is 1. The highest BCUT2D eigenvalue weighted by atomic mass is 35.5. The van der Waals surface area contributed by atoms with Crippen molar-refractivity contribution in [2.45, 2.75) is 18.7 Å². The highest BCUT2D eigenvalue weighted by Gasteiger charge is 2.19. The minimum absolute atomic E-state index is 0.0340. The summed E-state index contributed by atoms with van der Waals surface area (Å²) in [4.78, 5) is 36.8. The molecule has 2 amide bonds. The Morgan fingerprint density at radius 2 is 1.74 bits per heavy atom. The fraction of sp³-hybridized carbons (Fsp3) is 0.286. The maximum Gasteiger partial charge on any atom is 0.411 e. The van der Waals surface area contributed by atoms with Gasteiger partial charge in [0, 0.05) is 15.6 Å². The zero-order valence-electron chi connectivity index (χ0n) is 17.2. The molecule has 0 unspecified atom stereocenters. The molecule has 0 heterocycles. The molecule has 0 atom stereocenters. The van der Waals surface area contributed by atoms with Gasteiger partial charge in [0.15, 0.2) is 0 Å². The number of carbonyl (C=O) groups is 3. The molecule has 2 rings (SSSR count). The van der Waals surface area contributed by atoms with E-state index in [2.05, 4.69) is 10.6 Å². The Morgan fingerprint density at radius 1 is 1.06 bits per heavy atom. The molecule has 0 radical (unpaired) electrons. The van der Waals surface area contributed by atoms with Crippen LogP contribution in [0.25, 0.3) is 0 Å². The minimum atomic E-state index is -0.681. The van der Waals surface area contributed by atoms with Gasteiger partial charge in [0.1, 0.15) is 5.56 Å². The number of ether oxygens (including phenoxy) is 2. The zero-order valence-corrected chi connectivity index (χ0v) is 19.5. The first-order valence-electron chi connectivity index (χ1n) is 9.23. The molecule has 0 fully saturated rings. The predicted molar refractivity (Wildman–Crippen MR) is 123 cm³/mol. The van der Waals surface area contributed by atoms with Crippen LogP contribution in [0.1, 0.15) is 24.2 Å². The van der Waals surface area contributed by atoms with E-state index in [0.29, 0.717) is 12.3 Å². The molecule has 2 N–H and O–H groups in total. The maximum absolute atomic E-state index is 12.4. The molecule has 0 spiro atoms. The number of carbonyl (C=O) groups excluding carboxylic acids is 3. The van der Waals surface area contributed by atoms with Crippen molar-refractivity contribution in [2.24, 2.45) is 5.92 Å². The van der Waals surface area contributed by atoms with Crippen LogP contribution in [0.3, 0.4) is 0 Å². The number of hydrogen-bond donors (Lipinski definition) is 2. The summed E-state index contributed by atoms with van der Waals surface area (Å²) in [5.41, 5.74) is 0.792. The van der Waals surface area contributed by atoms with E-state index in [-0.39, 0.29) is 38.9 Å². The smallest absolute Gasteiger partial charge is 0.411 e. The maximum atomic E-state index is 12.4. The predicted octanol–water partition coefficient (Wildman–Crippen LogP) is 5.72. The van der Waals surface area contributed by atoms with Crippen molar-refractivity contribution in [1.29, 1.82) is 0 Å². The quantitative estimate of drug-likeness (QED) is 0.367. The van der Waals surface area contributed by atoms with Crippen molar-refractivity contribution in [3.8, 4) is 0 Å². The Bertz CT molecular complexity index is 952. The number of nitrogens with one attached hydrogen (secondary N) is 2. The van der Waals surface area contributed by atoms with Crippen molar-refractivity contribution in [1.82, 2.24) is 0 Å². The first kappa shape index (κ1) is 24.8. The van der Waals surface area contributed by atoms with E-state index >= 15 is 0 Å². The van der Waals surface area contributed by atoms with Gasteiger partial charge in [0.2, 0.25) is 5.91 Å². The van der Waals surface area contributed by atoms with E-state index in [9.17, 15) is 14.4 Å². The largest absolute Gasteiger partial charge is 0.465 e. The fourth-order valence-corrected chi connectivity index (χ4v) is 3.62. The van der Waals surface area contributed by atoms with Crippen LogP contribution in [-0.2, 0) is 14.3 Å². The average Bonchev–Trinajstić information content (AvgIpc) is 2.71. The highest BCUT2D eigenvalue weighted by Crippen LogP contribution is 2.30. The van der Waals surface area contributed by atoms with E-state index in [1.54, 1.807) is 24.3 Å². The van der Waals surface area contributed by atoms with Gasteiger partial charge < -0.3 is 14.8 Å². The molecule has 0 aliphatic carbocycles. The van der Waals surface area contributed by atoms with Crippen molar-refractivity contribution in [3.05, 3.63) is 52.0 Å². The van der Waals surface area contributed by atoms with Gasteiger partial charge in [-0.05, 0) is 42.3 Å². The van der Waals surface area contributed by atoms with Crippen LogP contribution < -0.4 is 10.6 Å². The van der Waals surface area contributed by atoms with Gasteiger partial charge in [0.25, 0.3) is 0 Å². The average molecular weight is 485 g/mol. The van der Waals surface area contributed by atoms with Crippen molar-refractivity contribution < 1.29 is 23.9 Å². The van der Waals surface area contributed by atoms with E-state index in [4.69, 9.17) is 32.7 Å². The third-order valence-corrected chi connectivity index (χ3v) is 5.27. The Balaban J connectivity index is 1.93. The molecule has 31 heavy (non-hydrogen) atoms. The van der Waals surface area contributed by atoms with Gasteiger partial charge >= 0.3 is 12.1 Å². The minimum Gasteiger partial charge on any atom is -0.465 e.